The predicted octanol–water partition coefficient (Wildman–Crippen LogP) is 2.31. The number of carbonyl (C=O) groups excluding carboxylic acids is 1. The number of hydrogen-bond acceptors (Lipinski definition) is 3. The van der Waals surface area contributed by atoms with Crippen LogP contribution in [0.3, 0.4) is 0 Å². The first kappa shape index (κ1) is 13.6. The van der Waals surface area contributed by atoms with Crippen LogP contribution in [0.4, 0.5) is 5.69 Å². The van der Waals surface area contributed by atoms with Gasteiger partial charge in [0.25, 0.3) is 5.91 Å². The number of anilines is 1. The zero-order valence-electron chi connectivity index (χ0n) is 9.63. The molecule has 4 nitrogen and oxygen atoms in total. The minimum Gasteiger partial charge on any atom is -0.493 e. The first-order valence-electron chi connectivity index (χ1n) is 5.19. The van der Waals surface area contributed by atoms with Gasteiger partial charge in [0.2, 0.25) is 0 Å². The van der Waals surface area contributed by atoms with E-state index in [0.717, 1.165) is 0 Å². The Morgan fingerprint density at radius 3 is 2.88 bits per heavy atom. The number of rotatable bonds is 5. The summed E-state index contributed by atoms with van der Waals surface area (Å²) in [5.41, 5.74) is 6.54. The van der Waals surface area contributed by atoms with Gasteiger partial charge in [0.1, 0.15) is 11.3 Å². The maximum atomic E-state index is 11.9. The van der Waals surface area contributed by atoms with Gasteiger partial charge in [0.15, 0.2) is 0 Å². The Balaban J connectivity index is 2.94. The molecule has 3 N–H and O–H groups in total. The summed E-state index contributed by atoms with van der Waals surface area (Å²) in [7, 11) is 0. The van der Waals surface area contributed by atoms with Crippen molar-refractivity contribution in [2.45, 2.75) is 6.92 Å². The molecule has 0 aliphatic rings. The van der Waals surface area contributed by atoms with Crippen molar-refractivity contribution in [2.75, 3.05) is 18.9 Å². The Hall–Kier alpha value is -1.49. The molecular formula is C12H15BrN2O2. The highest BCUT2D eigenvalue weighted by molar-refractivity contribution is 9.11. The molecule has 0 spiro atoms. The SMILES string of the molecule is C=C(Br)CNC(=O)c1c(N)cccc1OCC. The third kappa shape index (κ3) is 3.78. The van der Waals surface area contributed by atoms with Gasteiger partial charge in [-0.25, -0.2) is 0 Å². The second-order valence-electron chi connectivity index (χ2n) is 3.35. The molecule has 0 saturated heterocycles. The predicted molar refractivity (Wildman–Crippen MR) is 72.4 cm³/mol. The Labute approximate surface area is 109 Å². The Morgan fingerprint density at radius 2 is 2.29 bits per heavy atom. The van der Waals surface area contributed by atoms with E-state index in [1.807, 2.05) is 6.92 Å². The van der Waals surface area contributed by atoms with E-state index in [4.69, 9.17) is 10.5 Å². The van der Waals surface area contributed by atoms with E-state index in [1.165, 1.54) is 0 Å². The van der Waals surface area contributed by atoms with Gasteiger partial charge in [-0.05, 0) is 19.1 Å². The van der Waals surface area contributed by atoms with Crippen LogP contribution in [0, 0.1) is 0 Å². The van der Waals surface area contributed by atoms with Crippen LogP contribution in [0.2, 0.25) is 0 Å². The van der Waals surface area contributed by atoms with Crippen LogP contribution in [0.1, 0.15) is 17.3 Å². The van der Waals surface area contributed by atoms with Crippen LogP contribution < -0.4 is 15.8 Å². The number of nitrogens with one attached hydrogen (secondary N) is 1. The van der Waals surface area contributed by atoms with Crippen LogP contribution in [0.25, 0.3) is 0 Å². The minimum absolute atomic E-state index is 0.271. The second-order valence-corrected chi connectivity index (χ2v) is 4.47. The van der Waals surface area contributed by atoms with E-state index >= 15 is 0 Å². The summed E-state index contributed by atoms with van der Waals surface area (Å²) in [5.74, 6) is 0.220. The molecule has 0 fully saturated rings. The van der Waals surface area contributed by atoms with Crippen molar-refractivity contribution < 1.29 is 9.53 Å². The third-order valence-corrected chi connectivity index (χ3v) is 2.31. The fourth-order valence-electron chi connectivity index (χ4n) is 1.33. The molecule has 5 heteroatoms. The van der Waals surface area contributed by atoms with Crippen LogP contribution in [0.5, 0.6) is 5.75 Å². The van der Waals surface area contributed by atoms with Gasteiger partial charge >= 0.3 is 0 Å². The summed E-state index contributed by atoms with van der Waals surface area (Å²) < 4.78 is 6.06. The summed E-state index contributed by atoms with van der Waals surface area (Å²) in [5, 5.41) is 2.69. The lowest BCUT2D eigenvalue weighted by molar-refractivity contribution is 0.0955. The summed E-state index contributed by atoms with van der Waals surface area (Å²) in [6.45, 7) is 6.32. The molecule has 0 aliphatic carbocycles. The van der Waals surface area contributed by atoms with Gasteiger partial charge < -0.3 is 15.8 Å². The first-order chi connectivity index (χ1) is 8.06. The summed E-state index contributed by atoms with van der Waals surface area (Å²) >= 11 is 3.17. The van der Waals surface area contributed by atoms with E-state index in [-0.39, 0.29) is 5.91 Å². The van der Waals surface area contributed by atoms with E-state index in [0.29, 0.717) is 34.6 Å². The highest BCUT2D eigenvalue weighted by Gasteiger charge is 2.15. The average Bonchev–Trinajstić information content (AvgIpc) is 2.26. The number of nitrogens with two attached hydrogens (primary N) is 1. The van der Waals surface area contributed by atoms with E-state index < -0.39 is 0 Å². The number of hydrogen-bond donors (Lipinski definition) is 2. The number of halogens is 1. The molecule has 0 aliphatic heterocycles. The van der Waals surface area contributed by atoms with Gasteiger partial charge in [-0.15, -0.1) is 0 Å². The highest BCUT2D eigenvalue weighted by atomic mass is 79.9. The molecule has 1 aromatic rings. The maximum absolute atomic E-state index is 11.9. The molecule has 0 unspecified atom stereocenters. The van der Waals surface area contributed by atoms with Crippen molar-refractivity contribution in [2.24, 2.45) is 0 Å². The summed E-state index contributed by atoms with van der Waals surface area (Å²) in [4.78, 5) is 11.9. The Bertz CT molecular complexity index is 433. The third-order valence-electron chi connectivity index (χ3n) is 2.03. The van der Waals surface area contributed by atoms with Gasteiger partial charge in [0, 0.05) is 16.7 Å². The lowest BCUT2D eigenvalue weighted by Gasteiger charge is -2.12. The molecule has 0 atom stereocenters. The zero-order chi connectivity index (χ0) is 12.8. The molecule has 1 rings (SSSR count). The lowest BCUT2D eigenvalue weighted by atomic mass is 10.1. The molecule has 92 valence electrons. The molecule has 17 heavy (non-hydrogen) atoms. The van der Waals surface area contributed by atoms with Gasteiger partial charge in [0.05, 0.1) is 6.61 Å². The van der Waals surface area contributed by atoms with Crippen LogP contribution in [0.15, 0.2) is 29.3 Å². The zero-order valence-corrected chi connectivity index (χ0v) is 11.2. The Morgan fingerprint density at radius 1 is 1.59 bits per heavy atom. The molecule has 0 radical (unpaired) electrons. The van der Waals surface area contributed by atoms with Gasteiger partial charge in [-0.2, -0.15) is 0 Å². The van der Waals surface area contributed by atoms with Crippen LogP contribution in [-0.4, -0.2) is 19.1 Å². The number of nitrogen functional groups attached to an aromatic ring is 1. The van der Waals surface area contributed by atoms with Crippen molar-refractivity contribution in [3.05, 3.63) is 34.8 Å². The van der Waals surface area contributed by atoms with E-state index in [9.17, 15) is 4.79 Å². The number of amides is 1. The summed E-state index contributed by atoms with van der Waals surface area (Å²) in [6, 6.07) is 5.14. The average molecular weight is 299 g/mol. The van der Waals surface area contributed by atoms with Crippen molar-refractivity contribution in [3.63, 3.8) is 0 Å². The largest absolute Gasteiger partial charge is 0.493 e. The van der Waals surface area contributed by atoms with Crippen molar-refractivity contribution >= 4 is 27.5 Å². The lowest BCUT2D eigenvalue weighted by Crippen LogP contribution is -2.26. The van der Waals surface area contributed by atoms with Crippen LogP contribution in [-0.2, 0) is 0 Å². The molecule has 1 aromatic carbocycles. The monoisotopic (exact) mass is 298 g/mol. The smallest absolute Gasteiger partial charge is 0.257 e. The van der Waals surface area contributed by atoms with Crippen molar-refractivity contribution in [1.82, 2.24) is 5.32 Å². The molecule has 0 heterocycles. The quantitative estimate of drug-likeness (QED) is 0.820. The fourth-order valence-corrected chi connectivity index (χ4v) is 1.47. The minimum atomic E-state index is -0.271. The fraction of sp³-hybridized carbons (Fsp3) is 0.250. The highest BCUT2D eigenvalue weighted by Crippen LogP contribution is 2.24. The molecule has 0 bridgehead atoms. The van der Waals surface area contributed by atoms with E-state index in [2.05, 4.69) is 27.8 Å². The first-order valence-corrected chi connectivity index (χ1v) is 5.98. The molecule has 1 amide bonds. The molecular weight excluding hydrogens is 284 g/mol. The second kappa shape index (κ2) is 6.30. The Kier molecular flexibility index (Phi) is 5.03. The van der Waals surface area contributed by atoms with Gasteiger partial charge in [-0.3, -0.25) is 4.79 Å². The van der Waals surface area contributed by atoms with Crippen molar-refractivity contribution in [1.29, 1.82) is 0 Å². The topological polar surface area (TPSA) is 64.4 Å². The van der Waals surface area contributed by atoms with Gasteiger partial charge in [-0.1, -0.05) is 28.6 Å². The maximum Gasteiger partial charge on any atom is 0.257 e. The molecule has 0 saturated carbocycles. The number of benzene rings is 1. The number of carbonyl (C=O) groups is 1. The normalized spacial score (nSPS) is 9.76. The van der Waals surface area contributed by atoms with Crippen LogP contribution >= 0.6 is 15.9 Å². The van der Waals surface area contributed by atoms with Crippen molar-refractivity contribution in [3.8, 4) is 5.75 Å². The standard InChI is InChI=1S/C12H15BrN2O2/c1-3-17-10-6-4-5-9(14)11(10)12(16)15-7-8(2)13/h4-6H,2-3,7,14H2,1H3,(H,15,16). The molecule has 0 aromatic heterocycles. The van der Waals surface area contributed by atoms with E-state index in [1.54, 1.807) is 18.2 Å². The summed E-state index contributed by atoms with van der Waals surface area (Å²) in [6.07, 6.45) is 0. The number of ether oxygens (including phenoxy) is 1.